The average molecular weight is 296 g/mol. The first-order valence-corrected chi connectivity index (χ1v) is 6.45. The fourth-order valence-corrected chi connectivity index (χ4v) is 2.72. The summed E-state index contributed by atoms with van der Waals surface area (Å²) in [4.78, 5) is 51.9. The lowest BCUT2D eigenvalue weighted by atomic mass is 9.89. The number of rotatable bonds is 4. The lowest BCUT2D eigenvalue weighted by Crippen LogP contribution is -2.56. The first-order valence-electron chi connectivity index (χ1n) is 6.45. The first kappa shape index (κ1) is 15.0. The molecule has 1 fully saturated rings. The van der Waals surface area contributed by atoms with Gasteiger partial charge in [0, 0.05) is 24.7 Å². The maximum Gasteiger partial charge on any atom is 0.329 e. The van der Waals surface area contributed by atoms with Gasteiger partial charge in [-0.1, -0.05) is 0 Å². The van der Waals surface area contributed by atoms with E-state index in [1.54, 1.807) is 0 Å². The standard InChI is InChI=1S/C12H16N4O5/c13-5-8(17)16-3-1-2-12(16,10(19)20)4-7-6-14-11(21)15-9(7)18/h6H,1-5,13H2,(H,19,20)(H2,14,15,18,21)/t12-/m1/s1. The van der Waals surface area contributed by atoms with Crippen LogP contribution in [0, 0.1) is 0 Å². The van der Waals surface area contributed by atoms with Crippen LogP contribution in [0.25, 0.3) is 0 Å². The Morgan fingerprint density at radius 2 is 2.14 bits per heavy atom. The number of aromatic nitrogens is 2. The highest BCUT2D eigenvalue weighted by atomic mass is 16.4. The fraction of sp³-hybridized carbons (Fsp3) is 0.500. The van der Waals surface area contributed by atoms with Gasteiger partial charge in [-0.3, -0.25) is 14.6 Å². The van der Waals surface area contributed by atoms with E-state index in [4.69, 9.17) is 5.73 Å². The molecule has 0 aromatic carbocycles. The van der Waals surface area contributed by atoms with Crippen LogP contribution in [0.4, 0.5) is 0 Å². The molecular weight excluding hydrogens is 280 g/mol. The van der Waals surface area contributed by atoms with Crippen LogP contribution < -0.4 is 17.0 Å². The summed E-state index contributed by atoms with van der Waals surface area (Å²) in [7, 11) is 0. The molecule has 0 saturated carbocycles. The molecule has 1 atom stereocenters. The van der Waals surface area contributed by atoms with Crippen molar-refractivity contribution in [3.63, 3.8) is 0 Å². The number of nitrogens with zero attached hydrogens (tertiary/aromatic N) is 1. The van der Waals surface area contributed by atoms with Crippen molar-refractivity contribution in [2.45, 2.75) is 24.8 Å². The topological polar surface area (TPSA) is 149 Å². The van der Waals surface area contributed by atoms with E-state index in [-0.39, 0.29) is 31.5 Å². The second kappa shape index (κ2) is 5.52. The Balaban J connectivity index is 2.43. The van der Waals surface area contributed by atoms with Gasteiger partial charge in [0.15, 0.2) is 0 Å². The summed E-state index contributed by atoms with van der Waals surface area (Å²) in [6.07, 6.45) is 1.74. The monoisotopic (exact) mass is 296 g/mol. The van der Waals surface area contributed by atoms with Crippen LogP contribution in [-0.4, -0.2) is 50.5 Å². The number of likely N-dealkylation sites (tertiary alicyclic amines) is 1. The van der Waals surface area contributed by atoms with Crippen LogP contribution in [0.15, 0.2) is 15.8 Å². The minimum Gasteiger partial charge on any atom is -0.479 e. The van der Waals surface area contributed by atoms with Crippen LogP contribution in [0.2, 0.25) is 0 Å². The van der Waals surface area contributed by atoms with Crippen LogP contribution >= 0.6 is 0 Å². The number of carboxylic acids is 1. The molecule has 0 spiro atoms. The van der Waals surface area contributed by atoms with Gasteiger partial charge in [0.2, 0.25) is 5.91 Å². The number of H-pyrrole nitrogens is 2. The zero-order valence-corrected chi connectivity index (χ0v) is 11.2. The summed E-state index contributed by atoms with van der Waals surface area (Å²) >= 11 is 0. The third-order valence-electron chi connectivity index (χ3n) is 3.74. The maximum absolute atomic E-state index is 11.9. The largest absolute Gasteiger partial charge is 0.479 e. The van der Waals surface area contributed by atoms with E-state index in [0.717, 1.165) is 0 Å². The van der Waals surface area contributed by atoms with Crippen molar-refractivity contribution in [1.29, 1.82) is 0 Å². The molecule has 0 aliphatic carbocycles. The summed E-state index contributed by atoms with van der Waals surface area (Å²) in [5.41, 5.74) is 2.59. The molecule has 1 aliphatic rings. The Kier molecular flexibility index (Phi) is 3.94. The number of aliphatic carboxylic acids is 1. The molecule has 9 nitrogen and oxygen atoms in total. The van der Waals surface area contributed by atoms with Crippen molar-refractivity contribution in [1.82, 2.24) is 14.9 Å². The number of hydrogen-bond acceptors (Lipinski definition) is 5. The number of nitrogens with one attached hydrogen (secondary N) is 2. The maximum atomic E-state index is 11.9. The van der Waals surface area contributed by atoms with Crippen LogP contribution in [-0.2, 0) is 16.0 Å². The van der Waals surface area contributed by atoms with E-state index in [2.05, 4.69) is 4.98 Å². The lowest BCUT2D eigenvalue weighted by Gasteiger charge is -2.34. The van der Waals surface area contributed by atoms with Crippen LogP contribution in [0.1, 0.15) is 18.4 Å². The molecular formula is C12H16N4O5. The van der Waals surface area contributed by atoms with Crippen molar-refractivity contribution in [3.05, 3.63) is 32.6 Å². The predicted molar refractivity (Wildman–Crippen MR) is 71.8 cm³/mol. The van der Waals surface area contributed by atoms with Gasteiger partial charge in [-0.25, -0.2) is 9.59 Å². The Morgan fingerprint density at radius 1 is 1.43 bits per heavy atom. The molecule has 9 heteroatoms. The molecule has 21 heavy (non-hydrogen) atoms. The van der Waals surface area contributed by atoms with Gasteiger partial charge in [-0.05, 0) is 12.8 Å². The van der Waals surface area contributed by atoms with E-state index in [9.17, 15) is 24.3 Å². The molecule has 5 N–H and O–H groups in total. The molecule has 1 aromatic rings. The Morgan fingerprint density at radius 3 is 2.71 bits per heavy atom. The molecule has 1 saturated heterocycles. The van der Waals surface area contributed by atoms with Gasteiger partial charge < -0.3 is 20.7 Å². The molecule has 2 heterocycles. The van der Waals surface area contributed by atoms with Gasteiger partial charge in [0.25, 0.3) is 5.56 Å². The summed E-state index contributed by atoms with van der Waals surface area (Å²) in [6.45, 7) is -0.0133. The first-order chi connectivity index (χ1) is 9.90. The SMILES string of the molecule is NCC(=O)N1CCC[C@@]1(Cc1c[nH]c(=O)[nH]c1=O)C(=O)O. The number of amides is 1. The van der Waals surface area contributed by atoms with Gasteiger partial charge in [0.1, 0.15) is 5.54 Å². The zero-order valence-electron chi connectivity index (χ0n) is 11.2. The molecule has 114 valence electrons. The number of carbonyl (C=O) groups is 2. The van der Waals surface area contributed by atoms with Crippen molar-refractivity contribution >= 4 is 11.9 Å². The van der Waals surface area contributed by atoms with E-state index in [1.807, 2.05) is 4.98 Å². The van der Waals surface area contributed by atoms with Gasteiger partial charge in [-0.2, -0.15) is 0 Å². The quantitative estimate of drug-likeness (QED) is 0.505. The summed E-state index contributed by atoms with van der Waals surface area (Å²) in [5.74, 6) is -1.66. The number of hydrogen-bond donors (Lipinski definition) is 4. The van der Waals surface area contributed by atoms with Crippen LogP contribution in [0.5, 0.6) is 0 Å². The van der Waals surface area contributed by atoms with Gasteiger partial charge in [0.05, 0.1) is 6.54 Å². The van der Waals surface area contributed by atoms with Crippen molar-refractivity contribution in [2.75, 3.05) is 13.1 Å². The summed E-state index contributed by atoms with van der Waals surface area (Å²) in [5, 5.41) is 9.57. The third-order valence-corrected chi connectivity index (χ3v) is 3.74. The molecule has 0 bridgehead atoms. The minimum absolute atomic E-state index is 0.105. The van der Waals surface area contributed by atoms with E-state index >= 15 is 0 Å². The minimum atomic E-state index is -1.50. The van der Waals surface area contributed by atoms with Crippen molar-refractivity contribution in [2.24, 2.45) is 5.73 Å². The Labute approximate surface area is 118 Å². The molecule has 0 unspecified atom stereocenters. The number of carboxylic acid groups (broad SMARTS) is 1. The van der Waals surface area contributed by atoms with Crippen molar-refractivity contribution in [3.8, 4) is 0 Å². The Bertz CT molecular complexity index is 679. The fourth-order valence-electron chi connectivity index (χ4n) is 2.72. The molecule has 1 aromatic heterocycles. The smallest absolute Gasteiger partial charge is 0.329 e. The number of carbonyl (C=O) groups excluding carboxylic acids is 1. The number of nitrogens with two attached hydrogens (primary N) is 1. The highest BCUT2D eigenvalue weighted by Gasteiger charge is 2.50. The average Bonchev–Trinajstić information content (AvgIpc) is 2.86. The summed E-state index contributed by atoms with van der Waals surface area (Å²) < 4.78 is 0. The normalized spacial score (nSPS) is 21.5. The second-order valence-electron chi connectivity index (χ2n) is 4.96. The predicted octanol–water partition coefficient (Wildman–Crippen LogP) is -1.99. The molecule has 1 amide bonds. The van der Waals surface area contributed by atoms with E-state index in [1.165, 1.54) is 11.1 Å². The zero-order chi connectivity index (χ0) is 15.6. The molecule has 1 aliphatic heterocycles. The highest BCUT2D eigenvalue weighted by molar-refractivity contribution is 5.88. The summed E-state index contributed by atoms with van der Waals surface area (Å²) in [6, 6.07) is 0. The lowest BCUT2D eigenvalue weighted by molar-refractivity contribution is -0.156. The van der Waals surface area contributed by atoms with Crippen molar-refractivity contribution < 1.29 is 14.7 Å². The third kappa shape index (κ3) is 2.59. The number of aromatic amines is 2. The van der Waals surface area contributed by atoms with Gasteiger partial charge in [-0.15, -0.1) is 0 Å². The molecule has 0 radical (unpaired) electrons. The van der Waals surface area contributed by atoms with E-state index < -0.39 is 28.7 Å². The second-order valence-corrected chi connectivity index (χ2v) is 4.96. The Hall–Kier alpha value is -2.42. The van der Waals surface area contributed by atoms with Crippen LogP contribution in [0.3, 0.4) is 0 Å². The highest BCUT2D eigenvalue weighted by Crippen LogP contribution is 2.32. The van der Waals surface area contributed by atoms with Gasteiger partial charge >= 0.3 is 11.7 Å². The van der Waals surface area contributed by atoms with E-state index in [0.29, 0.717) is 6.42 Å². The molecule has 2 rings (SSSR count).